The molecule has 6 heterocycles. The van der Waals surface area contributed by atoms with E-state index in [1.54, 1.807) is 62.0 Å². The molecule has 13 heteroatoms. The first-order chi connectivity index (χ1) is 28.7. The first-order valence-corrected chi connectivity index (χ1v) is 19.2. The number of nitrogens with zero attached hydrogens (tertiary/aromatic N) is 10. The van der Waals surface area contributed by atoms with Gasteiger partial charge in [-0.3, -0.25) is 14.8 Å². The van der Waals surface area contributed by atoms with Gasteiger partial charge in [-0.25, -0.2) is 33.1 Å². The number of pyridine rings is 4. The zero-order valence-electron chi connectivity index (χ0n) is 32.6. The van der Waals surface area contributed by atoms with Crippen LogP contribution in [0.15, 0.2) is 110 Å². The number of rotatable bonds is 9. The van der Waals surface area contributed by atoms with Gasteiger partial charge in [0.2, 0.25) is 13.1 Å². The molecule has 0 atom stereocenters. The molecule has 11 nitrogen and oxygen atoms in total. The first kappa shape index (κ1) is 41.6. The number of aldehydes is 1. The highest BCUT2D eigenvalue weighted by atomic mass is 35.5. The standard InChI is InChI=1S/C23H18ClN5.C17H13ClN4O.C6H7N/c1-25-8-7-18-11-19-17(4-3-16-5-9-26-10-6-16)12-22(23-14-27-15-29(23)2)28-21(19)13-20(18)24;1-19-4-3-11-5-13-12(9-23)6-16(17-8-20-10-22(17)2)21-15(13)7-14(11)18;1-6-2-4-7-5-3-6/h3-6,9-15H,7-8H2,2H3;5-10H,3-4H2,2H3;2-5H,1H3/b4-3+;;. The summed E-state index contributed by atoms with van der Waals surface area (Å²) in [5.74, 6) is 0. The van der Waals surface area contributed by atoms with Crippen LogP contribution in [0.4, 0.5) is 0 Å². The van der Waals surface area contributed by atoms with Crippen LogP contribution in [-0.4, -0.2) is 58.4 Å². The third kappa shape index (κ3) is 10.5. The highest BCUT2D eigenvalue weighted by Gasteiger charge is 2.14. The molecule has 292 valence electrons. The third-order valence-electron chi connectivity index (χ3n) is 9.30. The van der Waals surface area contributed by atoms with Crippen LogP contribution < -0.4 is 0 Å². The molecule has 0 radical (unpaired) electrons. The number of benzene rings is 2. The molecule has 0 aliphatic rings. The van der Waals surface area contributed by atoms with E-state index in [0.717, 1.165) is 61.9 Å². The molecule has 8 rings (SSSR count). The zero-order valence-corrected chi connectivity index (χ0v) is 34.1. The van der Waals surface area contributed by atoms with Crippen LogP contribution in [0, 0.1) is 20.1 Å². The lowest BCUT2D eigenvalue weighted by molar-refractivity contribution is 0.112. The molecule has 0 saturated heterocycles. The molecule has 0 unspecified atom stereocenters. The third-order valence-corrected chi connectivity index (χ3v) is 10.0. The van der Waals surface area contributed by atoms with Gasteiger partial charge in [-0.15, -0.1) is 0 Å². The normalized spacial score (nSPS) is 10.7. The van der Waals surface area contributed by atoms with E-state index in [-0.39, 0.29) is 0 Å². The second-order valence-corrected chi connectivity index (χ2v) is 14.2. The largest absolute Gasteiger partial charge is 0.332 e. The van der Waals surface area contributed by atoms with Gasteiger partial charge in [0.1, 0.15) is 0 Å². The molecule has 0 N–H and O–H groups in total. The summed E-state index contributed by atoms with van der Waals surface area (Å²) in [7, 11) is 3.82. The minimum atomic E-state index is 0.363. The predicted molar refractivity (Wildman–Crippen MR) is 236 cm³/mol. The summed E-state index contributed by atoms with van der Waals surface area (Å²) >= 11 is 12.8. The number of aryl methyl sites for hydroxylation is 3. The van der Waals surface area contributed by atoms with Gasteiger partial charge >= 0.3 is 0 Å². The van der Waals surface area contributed by atoms with Crippen molar-refractivity contribution in [2.45, 2.75) is 19.8 Å². The van der Waals surface area contributed by atoms with Crippen molar-refractivity contribution >= 4 is 63.4 Å². The second-order valence-electron chi connectivity index (χ2n) is 13.4. The van der Waals surface area contributed by atoms with Crippen LogP contribution in [-0.2, 0) is 26.9 Å². The Morgan fingerprint density at radius 2 is 1.12 bits per heavy atom. The maximum absolute atomic E-state index is 11.5. The Hall–Kier alpha value is -7.05. The summed E-state index contributed by atoms with van der Waals surface area (Å²) in [4.78, 5) is 43.9. The van der Waals surface area contributed by atoms with Gasteiger partial charge < -0.3 is 18.8 Å². The number of imidazole rings is 2. The summed E-state index contributed by atoms with van der Waals surface area (Å²) < 4.78 is 3.78. The fourth-order valence-electron chi connectivity index (χ4n) is 6.17. The van der Waals surface area contributed by atoms with E-state index in [4.69, 9.17) is 41.3 Å². The van der Waals surface area contributed by atoms with Crippen LogP contribution >= 0.6 is 23.2 Å². The van der Waals surface area contributed by atoms with E-state index in [9.17, 15) is 4.79 Å². The lowest BCUT2D eigenvalue weighted by Crippen LogP contribution is -1.97. The summed E-state index contributed by atoms with van der Waals surface area (Å²) in [6.07, 6.45) is 20.2. The minimum absolute atomic E-state index is 0.363. The number of carbonyl (C=O) groups is 1. The summed E-state index contributed by atoms with van der Waals surface area (Å²) in [6.45, 7) is 16.8. The highest BCUT2D eigenvalue weighted by Crippen LogP contribution is 2.31. The highest BCUT2D eigenvalue weighted by molar-refractivity contribution is 6.32. The topological polar surface area (TPSA) is 113 Å². The molecule has 59 heavy (non-hydrogen) atoms. The van der Waals surface area contributed by atoms with Crippen molar-refractivity contribution < 1.29 is 4.79 Å². The molecule has 0 saturated carbocycles. The van der Waals surface area contributed by atoms with Crippen molar-refractivity contribution in [2.24, 2.45) is 14.1 Å². The molecule has 0 aliphatic heterocycles. The van der Waals surface area contributed by atoms with Gasteiger partial charge in [-0.1, -0.05) is 35.4 Å². The maximum atomic E-state index is 11.5. The monoisotopic (exact) mass is 816 g/mol. The Balaban J connectivity index is 0.000000173. The summed E-state index contributed by atoms with van der Waals surface area (Å²) in [6, 6.07) is 19.2. The van der Waals surface area contributed by atoms with Crippen molar-refractivity contribution in [1.82, 2.24) is 39.0 Å². The van der Waals surface area contributed by atoms with Gasteiger partial charge in [-0.2, -0.15) is 0 Å². The fourth-order valence-corrected chi connectivity index (χ4v) is 6.67. The number of aromatic nitrogens is 8. The zero-order chi connectivity index (χ0) is 41.7. The van der Waals surface area contributed by atoms with E-state index >= 15 is 0 Å². The second kappa shape index (κ2) is 19.9. The molecule has 6 aromatic heterocycles. The van der Waals surface area contributed by atoms with E-state index in [2.05, 4.69) is 58.9 Å². The predicted octanol–water partition coefficient (Wildman–Crippen LogP) is 10.3. The molecular weight excluding hydrogens is 779 g/mol. The fraction of sp³-hybridized carbons (Fsp3) is 0.152. The maximum Gasteiger partial charge on any atom is 0.218 e. The van der Waals surface area contributed by atoms with Crippen LogP contribution in [0.2, 0.25) is 10.0 Å². The van der Waals surface area contributed by atoms with Crippen molar-refractivity contribution in [1.29, 1.82) is 0 Å². The van der Waals surface area contributed by atoms with Crippen molar-refractivity contribution in [3.8, 4) is 22.8 Å². The minimum Gasteiger partial charge on any atom is -0.332 e. The molecule has 8 aromatic rings. The van der Waals surface area contributed by atoms with E-state index in [1.165, 1.54) is 5.56 Å². The van der Waals surface area contributed by atoms with E-state index in [1.807, 2.05) is 66.6 Å². The van der Waals surface area contributed by atoms with Gasteiger partial charge in [0.15, 0.2) is 6.29 Å². The first-order valence-electron chi connectivity index (χ1n) is 18.4. The number of hydrogen-bond donors (Lipinski definition) is 0. The molecule has 0 spiro atoms. The molecule has 0 fully saturated rings. The summed E-state index contributed by atoms with van der Waals surface area (Å²) in [5, 5.41) is 2.95. The Labute approximate surface area is 352 Å². The Morgan fingerprint density at radius 1 is 0.644 bits per heavy atom. The van der Waals surface area contributed by atoms with E-state index in [0.29, 0.717) is 52.8 Å². The quantitative estimate of drug-likeness (QED) is 0.105. The average Bonchev–Trinajstić information content (AvgIpc) is 3.89. The number of carbonyl (C=O) groups excluding carboxylic acids is 1. The molecular formula is C46H38Cl2N10O. The van der Waals surface area contributed by atoms with Crippen molar-refractivity contribution in [2.75, 3.05) is 13.1 Å². The Bertz CT molecular complexity index is 2840. The van der Waals surface area contributed by atoms with Gasteiger partial charge in [-0.05, 0) is 95.4 Å². The van der Waals surface area contributed by atoms with Gasteiger partial charge in [0.05, 0.1) is 58.9 Å². The molecule has 2 aromatic carbocycles. The van der Waals surface area contributed by atoms with Gasteiger partial charge in [0.25, 0.3) is 0 Å². The SMILES string of the molecule is Cc1ccncc1.[C-]#[N+]CCc1cc2c(/C=C/c3ccncc3)cc(-c3cncn3C)nc2cc1Cl.[C-]#[N+]CCc1cc2c(C=O)cc(-c3cncn3C)nc2cc1Cl. The lowest BCUT2D eigenvalue weighted by atomic mass is 10.0. The number of fused-ring (bicyclic) bond motifs is 2. The Kier molecular flexibility index (Phi) is 14.0. The summed E-state index contributed by atoms with van der Waals surface area (Å²) in [5.41, 5.74) is 10.4. The van der Waals surface area contributed by atoms with Crippen LogP contribution in [0.1, 0.15) is 38.2 Å². The smallest absolute Gasteiger partial charge is 0.218 e. The molecule has 0 aliphatic carbocycles. The average molecular weight is 818 g/mol. The Morgan fingerprint density at radius 3 is 1.54 bits per heavy atom. The van der Waals surface area contributed by atoms with Crippen LogP contribution in [0.25, 0.3) is 66.4 Å². The molecule has 0 bridgehead atoms. The van der Waals surface area contributed by atoms with Crippen molar-refractivity contribution in [3.05, 3.63) is 177 Å². The molecule has 0 amide bonds. The lowest BCUT2D eigenvalue weighted by Gasteiger charge is -2.10. The van der Waals surface area contributed by atoms with Crippen LogP contribution in [0.5, 0.6) is 0 Å². The van der Waals surface area contributed by atoms with Gasteiger partial charge in [0, 0.05) is 78.1 Å². The van der Waals surface area contributed by atoms with Crippen LogP contribution in [0.3, 0.4) is 0 Å². The van der Waals surface area contributed by atoms with Crippen molar-refractivity contribution in [3.63, 3.8) is 0 Å². The van der Waals surface area contributed by atoms with E-state index < -0.39 is 0 Å². The number of halogens is 2. The number of hydrogen-bond acceptors (Lipinski definition) is 7.